The Morgan fingerprint density at radius 3 is 2.60 bits per heavy atom. The molecule has 0 saturated heterocycles. The molecule has 1 rings (SSSR count). The van der Waals surface area contributed by atoms with Gasteiger partial charge in [0.05, 0.1) is 6.04 Å². The van der Waals surface area contributed by atoms with Crippen molar-refractivity contribution in [3.8, 4) is 5.75 Å². The minimum absolute atomic E-state index is 0.0500. The molecule has 0 aliphatic rings. The largest absolute Gasteiger partial charge is 0.508 e. The van der Waals surface area contributed by atoms with E-state index in [1.54, 1.807) is 0 Å². The number of halogens is 3. The number of phenolic OH excluding ortho intramolecular Hbond substituents is 1. The summed E-state index contributed by atoms with van der Waals surface area (Å²) in [5.41, 5.74) is 5.35. The number of phenols is 1. The van der Waals surface area contributed by atoms with Crippen LogP contribution in [0.4, 0.5) is 8.78 Å². The van der Waals surface area contributed by atoms with Crippen molar-refractivity contribution in [2.45, 2.75) is 12.0 Å². The zero-order chi connectivity index (χ0) is 11.6. The lowest BCUT2D eigenvalue weighted by Crippen LogP contribution is -2.36. The zero-order valence-electron chi connectivity index (χ0n) is 7.62. The molecule has 0 heterocycles. The lowest BCUT2D eigenvalue weighted by Gasteiger charge is -2.22. The highest BCUT2D eigenvalue weighted by atomic mass is 79.9. The second-order valence-electron chi connectivity index (χ2n) is 3.10. The van der Waals surface area contributed by atoms with Gasteiger partial charge in [-0.25, -0.2) is 8.78 Å². The van der Waals surface area contributed by atoms with Crippen molar-refractivity contribution in [1.82, 2.24) is 0 Å². The highest BCUT2D eigenvalue weighted by molar-refractivity contribution is 9.10. The summed E-state index contributed by atoms with van der Waals surface area (Å²) in [5, 5.41) is 17.6. The molecule has 0 unspecified atom stereocenters. The van der Waals surface area contributed by atoms with Gasteiger partial charge in [0.1, 0.15) is 12.4 Å². The maximum atomic E-state index is 13.1. The Kier molecular flexibility index (Phi) is 3.64. The fraction of sp³-hybridized carbons (Fsp3) is 0.333. The van der Waals surface area contributed by atoms with Gasteiger partial charge in [0.15, 0.2) is 0 Å². The van der Waals surface area contributed by atoms with Crippen molar-refractivity contribution in [1.29, 1.82) is 0 Å². The SMILES string of the molecule is N[C@H](c1cc(O)ccc1Br)C(F)(F)CO. The van der Waals surface area contributed by atoms with Crippen LogP contribution in [0.5, 0.6) is 5.75 Å². The minimum Gasteiger partial charge on any atom is -0.508 e. The van der Waals surface area contributed by atoms with Gasteiger partial charge in [-0.3, -0.25) is 0 Å². The van der Waals surface area contributed by atoms with E-state index in [0.29, 0.717) is 4.47 Å². The van der Waals surface area contributed by atoms with Crippen molar-refractivity contribution >= 4 is 15.9 Å². The van der Waals surface area contributed by atoms with Gasteiger partial charge in [-0.15, -0.1) is 0 Å². The number of aliphatic hydroxyl groups excluding tert-OH is 1. The third-order valence-electron chi connectivity index (χ3n) is 1.98. The van der Waals surface area contributed by atoms with Gasteiger partial charge >= 0.3 is 0 Å². The van der Waals surface area contributed by atoms with E-state index in [1.807, 2.05) is 0 Å². The first-order valence-electron chi connectivity index (χ1n) is 4.11. The molecule has 0 fully saturated rings. The molecule has 0 amide bonds. The number of aromatic hydroxyl groups is 1. The lowest BCUT2D eigenvalue weighted by molar-refractivity contribution is -0.0713. The average molecular weight is 282 g/mol. The second kappa shape index (κ2) is 4.42. The molecule has 1 atom stereocenters. The molecule has 15 heavy (non-hydrogen) atoms. The van der Waals surface area contributed by atoms with Crippen LogP contribution in [-0.4, -0.2) is 22.7 Å². The molecule has 1 aromatic rings. The number of alkyl halides is 2. The third kappa shape index (κ3) is 2.64. The van der Waals surface area contributed by atoms with Gasteiger partial charge < -0.3 is 15.9 Å². The molecule has 0 radical (unpaired) electrons. The van der Waals surface area contributed by atoms with Gasteiger partial charge in [0.25, 0.3) is 5.92 Å². The van der Waals surface area contributed by atoms with Crippen molar-refractivity contribution in [3.63, 3.8) is 0 Å². The monoisotopic (exact) mass is 281 g/mol. The van der Waals surface area contributed by atoms with Gasteiger partial charge in [-0.1, -0.05) is 15.9 Å². The number of nitrogens with two attached hydrogens (primary N) is 1. The minimum atomic E-state index is -3.42. The van der Waals surface area contributed by atoms with Crippen LogP contribution in [0.25, 0.3) is 0 Å². The first-order chi connectivity index (χ1) is 6.88. The summed E-state index contributed by atoms with van der Waals surface area (Å²) in [6.07, 6.45) is 0. The Balaban J connectivity index is 3.10. The number of hydrogen-bond donors (Lipinski definition) is 3. The topological polar surface area (TPSA) is 66.5 Å². The lowest BCUT2D eigenvalue weighted by atomic mass is 10.0. The van der Waals surface area contributed by atoms with E-state index in [9.17, 15) is 8.78 Å². The highest BCUT2D eigenvalue weighted by Gasteiger charge is 2.38. The molecule has 0 aromatic heterocycles. The molecule has 0 aliphatic heterocycles. The number of aliphatic hydroxyl groups is 1. The zero-order valence-corrected chi connectivity index (χ0v) is 9.21. The summed E-state index contributed by atoms with van der Waals surface area (Å²) >= 11 is 3.05. The van der Waals surface area contributed by atoms with E-state index < -0.39 is 18.6 Å². The summed E-state index contributed by atoms with van der Waals surface area (Å²) in [6, 6.07) is 2.23. The van der Waals surface area contributed by atoms with Crippen molar-refractivity contribution in [2.24, 2.45) is 5.73 Å². The Hall–Kier alpha value is -0.720. The molecular weight excluding hydrogens is 272 g/mol. The van der Waals surface area contributed by atoms with Crippen LogP contribution in [0.2, 0.25) is 0 Å². The number of benzene rings is 1. The average Bonchev–Trinajstić information content (AvgIpc) is 2.20. The summed E-state index contributed by atoms with van der Waals surface area (Å²) in [5.74, 6) is -3.58. The number of hydrogen-bond acceptors (Lipinski definition) is 3. The Morgan fingerprint density at radius 2 is 2.07 bits per heavy atom. The normalized spacial score (nSPS) is 13.9. The third-order valence-corrected chi connectivity index (χ3v) is 2.70. The summed E-state index contributed by atoms with van der Waals surface area (Å²) < 4.78 is 26.5. The first-order valence-corrected chi connectivity index (χ1v) is 4.90. The maximum absolute atomic E-state index is 13.1. The van der Waals surface area contributed by atoms with Gasteiger partial charge in [0, 0.05) is 4.47 Å². The summed E-state index contributed by atoms with van der Waals surface area (Å²) in [7, 11) is 0. The Morgan fingerprint density at radius 1 is 1.47 bits per heavy atom. The molecule has 3 nitrogen and oxygen atoms in total. The molecule has 0 aliphatic carbocycles. The predicted octanol–water partition coefficient (Wildman–Crippen LogP) is 1.78. The second-order valence-corrected chi connectivity index (χ2v) is 3.96. The van der Waals surface area contributed by atoms with Gasteiger partial charge in [-0.2, -0.15) is 0 Å². The van der Waals surface area contributed by atoms with E-state index in [-0.39, 0.29) is 11.3 Å². The first kappa shape index (κ1) is 12.4. The van der Waals surface area contributed by atoms with Crippen LogP contribution in [0.15, 0.2) is 22.7 Å². The van der Waals surface area contributed by atoms with E-state index >= 15 is 0 Å². The van der Waals surface area contributed by atoms with Crippen LogP contribution >= 0.6 is 15.9 Å². The van der Waals surface area contributed by atoms with Crippen molar-refractivity contribution in [3.05, 3.63) is 28.2 Å². The Labute approximate surface area is 93.7 Å². The van der Waals surface area contributed by atoms with E-state index in [0.717, 1.165) is 6.07 Å². The Bertz CT molecular complexity index is 360. The van der Waals surface area contributed by atoms with Gasteiger partial charge in [-0.05, 0) is 23.8 Å². The smallest absolute Gasteiger partial charge is 0.289 e. The van der Waals surface area contributed by atoms with Crippen LogP contribution in [-0.2, 0) is 0 Å². The van der Waals surface area contributed by atoms with Crippen molar-refractivity contribution < 1.29 is 19.0 Å². The summed E-state index contributed by atoms with van der Waals surface area (Å²) in [6.45, 7) is -1.34. The standard InChI is InChI=1S/C9H10BrF2NO2/c10-7-2-1-5(15)3-6(7)8(13)9(11,12)4-14/h1-3,8,14-15H,4,13H2/t8-/m1/s1. The van der Waals surface area contributed by atoms with E-state index in [2.05, 4.69) is 15.9 Å². The van der Waals surface area contributed by atoms with Crippen LogP contribution < -0.4 is 5.73 Å². The molecule has 4 N–H and O–H groups in total. The van der Waals surface area contributed by atoms with E-state index in [1.165, 1.54) is 12.1 Å². The van der Waals surface area contributed by atoms with E-state index in [4.69, 9.17) is 15.9 Å². The fourth-order valence-electron chi connectivity index (χ4n) is 1.10. The predicted molar refractivity (Wildman–Crippen MR) is 54.8 cm³/mol. The molecular formula is C9H10BrF2NO2. The molecule has 0 saturated carbocycles. The van der Waals surface area contributed by atoms with Gasteiger partial charge in [0.2, 0.25) is 0 Å². The molecule has 0 bridgehead atoms. The number of rotatable bonds is 3. The van der Waals surface area contributed by atoms with Crippen molar-refractivity contribution in [2.75, 3.05) is 6.61 Å². The van der Waals surface area contributed by atoms with Crippen LogP contribution in [0.1, 0.15) is 11.6 Å². The molecule has 84 valence electrons. The fourth-order valence-corrected chi connectivity index (χ4v) is 1.59. The highest BCUT2D eigenvalue weighted by Crippen LogP contribution is 2.34. The quantitative estimate of drug-likeness (QED) is 0.791. The molecule has 1 aromatic carbocycles. The maximum Gasteiger partial charge on any atom is 0.289 e. The van der Waals surface area contributed by atoms with Crippen LogP contribution in [0, 0.1) is 0 Å². The van der Waals surface area contributed by atoms with Crippen LogP contribution in [0.3, 0.4) is 0 Å². The molecule has 6 heteroatoms. The summed E-state index contributed by atoms with van der Waals surface area (Å²) in [4.78, 5) is 0. The molecule has 0 spiro atoms.